The number of morpholine rings is 1. The van der Waals surface area contributed by atoms with Gasteiger partial charge in [-0.2, -0.15) is 0 Å². The summed E-state index contributed by atoms with van der Waals surface area (Å²) >= 11 is 1.89. The van der Waals surface area contributed by atoms with E-state index >= 15 is 0 Å². The number of hydrogen-bond acceptors (Lipinski definition) is 6. The van der Waals surface area contributed by atoms with Crippen LogP contribution in [-0.4, -0.2) is 94.5 Å². The van der Waals surface area contributed by atoms with Gasteiger partial charge >= 0.3 is 0 Å². The summed E-state index contributed by atoms with van der Waals surface area (Å²) in [6.07, 6.45) is 2.04. The van der Waals surface area contributed by atoms with E-state index < -0.39 is 0 Å². The van der Waals surface area contributed by atoms with Crippen molar-refractivity contribution in [1.82, 2.24) is 20.4 Å². The predicted octanol–water partition coefficient (Wildman–Crippen LogP) is 2.10. The molecule has 2 fully saturated rings. The zero-order valence-corrected chi connectivity index (χ0v) is 19.9. The van der Waals surface area contributed by atoms with E-state index in [1.807, 2.05) is 11.3 Å². The molecule has 2 aliphatic heterocycles. The molecular formula is C22H39N5O2S. The van der Waals surface area contributed by atoms with Crippen LogP contribution in [0.4, 0.5) is 0 Å². The molecule has 0 spiro atoms. The van der Waals surface area contributed by atoms with Gasteiger partial charge in [0.25, 0.3) is 0 Å². The van der Waals surface area contributed by atoms with Crippen molar-refractivity contribution in [2.75, 3.05) is 73.2 Å². The Morgan fingerprint density at radius 2 is 1.87 bits per heavy atom. The Morgan fingerprint density at radius 3 is 2.47 bits per heavy atom. The van der Waals surface area contributed by atoms with Gasteiger partial charge in [-0.1, -0.05) is 0 Å². The number of nitrogens with one attached hydrogen (secondary N) is 2. The van der Waals surface area contributed by atoms with Crippen molar-refractivity contribution in [2.45, 2.75) is 38.3 Å². The number of hydrogen-bond donors (Lipinski definition) is 2. The quantitative estimate of drug-likeness (QED) is 0.480. The third-order valence-corrected chi connectivity index (χ3v) is 7.39. The maximum atomic E-state index is 5.61. The normalized spacial score (nSPS) is 21.6. The monoisotopic (exact) mass is 437 g/mol. The van der Waals surface area contributed by atoms with Crippen molar-refractivity contribution in [3.63, 3.8) is 0 Å². The lowest BCUT2D eigenvalue weighted by Gasteiger charge is -2.41. The second kappa shape index (κ2) is 11.4. The minimum Gasteiger partial charge on any atom is -0.381 e. The minimum absolute atomic E-state index is 0.0784. The van der Waals surface area contributed by atoms with Crippen molar-refractivity contribution >= 4 is 17.3 Å². The topological polar surface area (TPSA) is 61.4 Å². The van der Waals surface area contributed by atoms with Crippen LogP contribution in [0.15, 0.2) is 17.1 Å². The Morgan fingerprint density at radius 1 is 1.17 bits per heavy atom. The summed E-state index contributed by atoms with van der Waals surface area (Å²) in [5.74, 6) is 0.900. The number of aryl methyl sites for hydroxylation is 1. The van der Waals surface area contributed by atoms with Crippen LogP contribution < -0.4 is 10.6 Å². The van der Waals surface area contributed by atoms with Crippen LogP contribution >= 0.6 is 11.3 Å². The molecule has 0 amide bonds. The highest BCUT2D eigenvalue weighted by Crippen LogP contribution is 2.28. The highest BCUT2D eigenvalue weighted by Gasteiger charge is 2.34. The molecule has 1 aromatic heterocycles. The van der Waals surface area contributed by atoms with Gasteiger partial charge in [0.2, 0.25) is 0 Å². The molecule has 1 aromatic rings. The van der Waals surface area contributed by atoms with Gasteiger partial charge in [-0.05, 0) is 52.9 Å². The van der Waals surface area contributed by atoms with Crippen LogP contribution in [0.2, 0.25) is 0 Å². The molecule has 8 heteroatoms. The first-order valence-electron chi connectivity index (χ1n) is 11.2. The molecule has 3 heterocycles. The van der Waals surface area contributed by atoms with Crippen LogP contribution in [-0.2, 0) is 9.47 Å². The first kappa shape index (κ1) is 23.5. The SMILES string of the molecule is CCNC(=NCC1(N(C)C)CCOCC1)NCC(c1ccc(C)s1)N1CCOCC1. The van der Waals surface area contributed by atoms with Crippen LogP contribution in [0.25, 0.3) is 0 Å². The van der Waals surface area contributed by atoms with Crippen LogP contribution in [0, 0.1) is 6.92 Å². The largest absolute Gasteiger partial charge is 0.381 e. The van der Waals surface area contributed by atoms with Crippen molar-refractivity contribution in [1.29, 1.82) is 0 Å². The number of nitrogens with zero attached hydrogens (tertiary/aromatic N) is 3. The van der Waals surface area contributed by atoms with Gasteiger partial charge in [0, 0.05) is 54.7 Å². The van der Waals surface area contributed by atoms with Crippen molar-refractivity contribution in [3.05, 3.63) is 21.9 Å². The molecule has 3 rings (SSSR count). The van der Waals surface area contributed by atoms with E-state index in [-0.39, 0.29) is 5.54 Å². The Kier molecular flexibility index (Phi) is 8.95. The fraction of sp³-hybridized carbons (Fsp3) is 0.773. The van der Waals surface area contributed by atoms with Gasteiger partial charge in [-0.25, -0.2) is 0 Å². The Labute approximate surface area is 185 Å². The third kappa shape index (κ3) is 6.17. The molecule has 30 heavy (non-hydrogen) atoms. The summed E-state index contributed by atoms with van der Waals surface area (Å²) in [5, 5.41) is 7.08. The number of guanidine groups is 1. The van der Waals surface area contributed by atoms with Gasteiger partial charge in [0.15, 0.2) is 5.96 Å². The second-order valence-electron chi connectivity index (χ2n) is 8.42. The predicted molar refractivity (Wildman–Crippen MR) is 125 cm³/mol. The van der Waals surface area contributed by atoms with Gasteiger partial charge in [-0.3, -0.25) is 9.89 Å². The maximum absolute atomic E-state index is 5.61. The summed E-state index contributed by atoms with van der Waals surface area (Å²) < 4.78 is 11.2. The van der Waals surface area contributed by atoms with E-state index in [2.05, 4.69) is 60.5 Å². The molecule has 2 N–H and O–H groups in total. The molecule has 0 radical (unpaired) electrons. The molecule has 170 valence electrons. The molecule has 2 saturated heterocycles. The van der Waals surface area contributed by atoms with E-state index in [0.717, 1.165) is 78.0 Å². The average Bonchev–Trinajstić information content (AvgIpc) is 3.19. The molecule has 0 saturated carbocycles. The van der Waals surface area contributed by atoms with E-state index in [9.17, 15) is 0 Å². The Hall–Kier alpha value is -1.19. The first-order chi connectivity index (χ1) is 14.5. The fourth-order valence-corrected chi connectivity index (χ4v) is 5.20. The zero-order chi connectivity index (χ0) is 21.4. The van der Waals surface area contributed by atoms with Crippen molar-refractivity contribution in [3.8, 4) is 0 Å². The lowest BCUT2D eigenvalue weighted by Crippen LogP contribution is -2.52. The number of likely N-dealkylation sites (N-methyl/N-ethyl adjacent to an activating group) is 1. The van der Waals surface area contributed by atoms with E-state index in [1.54, 1.807) is 0 Å². The van der Waals surface area contributed by atoms with E-state index in [1.165, 1.54) is 9.75 Å². The summed E-state index contributed by atoms with van der Waals surface area (Å²) in [6, 6.07) is 4.83. The number of thiophene rings is 1. The van der Waals surface area contributed by atoms with Crippen LogP contribution in [0.1, 0.15) is 35.6 Å². The molecule has 2 aliphatic rings. The Bertz CT molecular complexity index is 666. The third-order valence-electron chi connectivity index (χ3n) is 6.29. The van der Waals surface area contributed by atoms with Crippen molar-refractivity contribution in [2.24, 2.45) is 4.99 Å². The smallest absolute Gasteiger partial charge is 0.191 e. The molecule has 0 bridgehead atoms. The molecule has 1 atom stereocenters. The lowest BCUT2D eigenvalue weighted by atomic mass is 9.89. The highest BCUT2D eigenvalue weighted by molar-refractivity contribution is 7.12. The number of aliphatic imine (C=N–C) groups is 1. The first-order valence-corrected chi connectivity index (χ1v) is 12.0. The highest BCUT2D eigenvalue weighted by atomic mass is 32.1. The average molecular weight is 438 g/mol. The summed E-state index contributed by atoms with van der Waals surface area (Å²) in [7, 11) is 4.32. The maximum Gasteiger partial charge on any atom is 0.191 e. The van der Waals surface area contributed by atoms with Gasteiger partial charge in [0.05, 0.1) is 25.8 Å². The Balaban J connectivity index is 1.69. The van der Waals surface area contributed by atoms with Gasteiger partial charge in [-0.15, -0.1) is 11.3 Å². The molecular weight excluding hydrogens is 398 g/mol. The number of ether oxygens (including phenoxy) is 2. The van der Waals surface area contributed by atoms with Crippen LogP contribution in [0.3, 0.4) is 0 Å². The van der Waals surface area contributed by atoms with Crippen molar-refractivity contribution < 1.29 is 9.47 Å². The second-order valence-corrected chi connectivity index (χ2v) is 9.74. The fourth-order valence-electron chi connectivity index (χ4n) is 4.19. The van der Waals surface area contributed by atoms with E-state index in [4.69, 9.17) is 14.5 Å². The summed E-state index contributed by atoms with van der Waals surface area (Å²) in [6.45, 7) is 12.0. The zero-order valence-electron chi connectivity index (χ0n) is 19.1. The number of rotatable bonds is 8. The van der Waals surface area contributed by atoms with Crippen LogP contribution in [0.5, 0.6) is 0 Å². The molecule has 7 nitrogen and oxygen atoms in total. The molecule has 1 unspecified atom stereocenters. The standard InChI is InChI=1S/C22H39N5O2S/c1-5-23-21(25-17-22(26(3)4)8-12-28-13-9-22)24-16-19(20-7-6-18(2)30-20)27-10-14-29-15-11-27/h6-7,19H,5,8-17H2,1-4H3,(H2,23,24,25). The molecule has 0 aromatic carbocycles. The van der Waals surface area contributed by atoms with Gasteiger partial charge in [0.1, 0.15) is 0 Å². The molecule has 0 aliphatic carbocycles. The van der Waals surface area contributed by atoms with Gasteiger partial charge < -0.3 is 25.0 Å². The van der Waals surface area contributed by atoms with E-state index in [0.29, 0.717) is 6.04 Å². The minimum atomic E-state index is 0.0784. The summed E-state index contributed by atoms with van der Waals surface area (Å²) in [5.41, 5.74) is 0.0784. The summed E-state index contributed by atoms with van der Waals surface area (Å²) in [4.78, 5) is 12.6. The lowest BCUT2D eigenvalue weighted by molar-refractivity contribution is -0.00257.